The summed E-state index contributed by atoms with van der Waals surface area (Å²) in [6.07, 6.45) is 87.7. The number of likely N-dealkylation sites (N-methyl/N-ethyl adjacent to an activating group) is 1. The van der Waals surface area contributed by atoms with Crippen molar-refractivity contribution in [2.24, 2.45) is 0 Å². The molecule has 0 aliphatic heterocycles. The van der Waals surface area contributed by atoms with Gasteiger partial charge in [-0.1, -0.05) is 269 Å². The smallest absolute Gasteiger partial charge is 0.306 e. The molecule has 464 valence electrons. The lowest BCUT2D eigenvalue weighted by Gasteiger charge is -2.26. The Labute approximate surface area is 502 Å². The fraction of sp³-hybridized carbons (Fsp3) is 0.630. The van der Waals surface area contributed by atoms with Crippen molar-refractivity contribution in [3.63, 3.8) is 0 Å². The second-order valence-electron chi connectivity index (χ2n) is 22.3. The Morgan fingerprint density at radius 2 is 0.695 bits per heavy atom. The highest BCUT2D eigenvalue weighted by atomic mass is 16.7. The van der Waals surface area contributed by atoms with E-state index in [1.807, 2.05) is 21.1 Å². The van der Waals surface area contributed by atoms with E-state index in [0.29, 0.717) is 17.4 Å². The van der Waals surface area contributed by atoms with Crippen LogP contribution < -0.4 is 5.11 Å². The quantitative estimate of drug-likeness (QED) is 0.0195. The number of carboxylic acids is 1. The lowest BCUT2D eigenvalue weighted by atomic mass is 10.0. The van der Waals surface area contributed by atoms with Crippen molar-refractivity contribution in [2.75, 3.05) is 47.5 Å². The highest BCUT2D eigenvalue weighted by Crippen LogP contribution is 2.15. The summed E-state index contributed by atoms with van der Waals surface area (Å²) in [4.78, 5) is 37.3. The van der Waals surface area contributed by atoms with Crippen LogP contribution in [-0.2, 0) is 33.3 Å². The fourth-order valence-electron chi connectivity index (χ4n) is 8.40. The van der Waals surface area contributed by atoms with E-state index in [0.717, 1.165) is 122 Å². The first-order valence-electron chi connectivity index (χ1n) is 32.5. The largest absolute Gasteiger partial charge is 0.545 e. The zero-order chi connectivity index (χ0) is 59.8. The van der Waals surface area contributed by atoms with Gasteiger partial charge in [0.15, 0.2) is 12.4 Å². The highest BCUT2D eigenvalue weighted by molar-refractivity contribution is 5.70. The van der Waals surface area contributed by atoms with Gasteiger partial charge < -0.3 is 33.3 Å². The van der Waals surface area contributed by atoms with Crippen LogP contribution in [0.3, 0.4) is 0 Å². The van der Waals surface area contributed by atoms with Gasteiger partial charge in [-0.15, -0.1) is 0 Å². The molecule has 82 heavy (non-hydrogen) atoms. The molecule has 0 aliphatic rings. The standard InChI is InChI=1S/C73H119NO8/c1-6-8-10-12-14-16-18-20-22-24-25-26-27-28-29-30-31-32-33-34-35-36-37-38-39-40-41-42-43-44-45-46-47-48-50-52-54-56-58-60-62-64-71(76)82-69(68-81-73(72(77)78)79-66-65-74(3,4)5)67-80-70(75)63-61-59-57-55-53-51-49-23-21-19-17-15-13-11-9-7-2/h8,10,14,16,20,22,25-26,28-29,31-32,34-35,37-38,40-41,43-44,46-47,50,52,69,73H,6-7,9,11-13,15,17-19,21,23-24,27,30,33,36,39,42,45,48-49,51,53-68H2,1-5H3/b10-8-,16-14-,22-20-,26-25-,29-28-,32-31-,35-34-,38-37-,41-40-,44-43-,47-46-,52-50-. The van der Waals surface area contributed by atoms with Gasteiger partial charge in [-0.2, -0.15) is 0 Å². The van der Waals surface area contributed by atoms with Crippen LogP contribution in [0.5, 0.6) is 0 Å². The van der Waals surface area contributed by atoms with Crippen LogP contribution in [0.4, 0.5) is 0 Å². The van der Waals surface area contributed by atoms with Gasteiger partial charge in [0.05, 0.1) is 40.3 Å². The third-order valence-electron chi connectivity index (χ3n) is 13.4. The molecule has 0 aliphatic carbocycles. The number of unbranched alkanes of at least 4 members (excludes halogenated alkanes) is 19. The first-order valence-corrected chi connectivity index (χ1v) is 32.5. The fourth-order valence-corrected chi connectivity index (χ4v) is 8.40. The number of allylic oxidation sites excluding steroid dienone is 24. The van der Waals surface area contributed by atoms with E-state index in [4.69, 9.17) is 18.9 Å². The monoisotopic (exact) mass is 1140 g/mol. The number of carboxylic acid groups (broad SMARTS) is 1. The lowest BCUT2D eigenvalue weighted by Crippen LogP contribution is -2.44. The molecule has 9 heteroatoms. The van der Waals surface area contributed by atoms with Crippen molar-refractivity contribution >= 4 is 17.9 Å². The summed E-state index contributed by atoms with van der Waals surface area (Å²) in [5.74, 6) is -2.33. The Kier molecular flexibility index (Phi) is 58.6. The molecule has 0 rings (SSSR count). The molecule has 2 unspecified atom stereocenters. The van der Waals surface area contributed by atoms with Gasteiger partial charge in [-0.05, 0) is 103 Å². The Morgan fingerprint density at radius 3 is 1.04 bits per heavy atom. The van der Waals surface area contributed by atoms with Crippen LogP contribution in [0.1, 0.15) is 239 Å². The zero-order valence-corrected chi connectivity index (χ0v) is 52.8. The SMILES string of the molecule is CC/C=C\C/C=C\C/C=C\C/C=C\C/C=C\C/C=C\C/C=C\C/C=C\C/C=C\C/C=C\C/C=C\C/C=C\CCCCCCC(=O)OC(COC(=O)CCCCCCCCCCCCCCCCCC)COC(OCC[N+](C)(C)C)C(=O)[O-]. The van der Waals surface area contributed by atoms with Gasteiger partial charge in [-0.25, -0.2) is 0 Å². The number of ether oxygens (including phenoxy) is 4. The molecule has 0 amide bonds. The summed E-state index contributed by atoms with van der Waals surface area (Å²) < 4.78 is 22.7. The summed E-state index contributed by atoms with van der Waals surface area (Å²) in [7, 11) is 5.91. The number of hydrogen-bond acceptors (Lipinski definition) is 8. The average molecular weight is 1140 g/mol. The molecule has 0 saturated heterocycles. The molecular formula is C73H119NO8. The van der Waals surface area contributed by atoms with Crippen molar-refractivity contribution in [3.05, 3.63) is 146 Å². The summed E-state index contributed by atoms with van der Waals surface area (Å²) in [6, 6.07) is 0. The van der Waals surface area contributed by atoms with Crippen molar-refractivity contribution in [1.82, 2.24) is 0 Å². The summed E-state index contributed by atoms with van der Waals surface area (Å²) in [5.41, 5.74) is 0. The molecule has 0 aromatic carbocycles. The molecule has 0 heterocycles. The molecule has 0 aromatic rings. The number of hydrogen-bond donors (Lipinski definition) is 0. The summed E-state index contributed by atoms with van der Waals surface area (Å²) in [5, 5.41) is 11.8. The summed E-state index contributed by atoms with van der Waals surface area (Å²) >= 11 is 0. The Bertz CT molecular complexity index is 1850. The van der Waals surface area contributed by atoms with Gasteiger partial charge in [-0.3, -0.25) is 9.59 Å². The van der Waals surface area contributed by atoms with Crippen LogP contribution in [-0.4, -0.2) is 82.3 Å². The number of nitrogens with zero attached hydrogens (tertiary/aromatic N) is 1. The van der Waals surface area contributed by atoms with E-state index >= 15 is 0 Å². The molecule has 0 bridgehead atoms. The number of aliphatic carboxylic acids is 1. The molecular weight excluding hydrogens is 1020 g/mol. The third kappa shape index (κ3) is 62.8. The van der Waals surface area contributed by atoms with E-state index in [9.17, 15) is 19.5 Å². The van der Waals surface area contributed by atoms with E-state index < -0.39 is 24.3 Å². The number of rotatable bonds is 58. The van der Waals surface area contributed by atoms with E-state index in [2.05, 4.69) is 160 Å². The van der Waals surface area contributed by atoms with Crippen molar-refractivity contribution in [2.45, 2.75) is 251 Å². The van der Waals surface area contributed by atoms with Crippen molar-refractivity contribution in [1.29, 1.82) is 0 Å². The maximum absolute atomic E-state index is 12.9. The topological polar surface area (TPSA) is 111 Å². The molecule has 0 spiro atoms. The van der Waals surface area contributed by atoms with Crippen LogP contribution in [0.2, 0.25) is 0 Å². The predicted octanol–water partition coefficient (Wildman–Crippen LogP) is 18.6. The number of esters is 2. The van der Waals surface area contributed by atoms with E-state index in [1.165, 1.54) is 83.5 Å². The molecule has 0 aromatic heterocycles. The second-order valence-corrected chi connectivity index (χ2v) is 22.3. The Balaban J connectivity index is 4.23. The molecule has 0 saturated carbocycles. The van der Waals surface area contributed by atoms with Crippen LogP contribution in [0, 0.1) is 0 Å². The van der Waals surface area contributed by atoms with Gasteiger partial charge >= 0.3 is 11.9 Å². The average Bonchev–Trinajstić information content (AvgIpc) is 3.45. The van der Waals surface area contributed by atoms with Gasteiger partial charge in [0.1, 0.15) is 13.2 Å². The minimum atomic E-state index is -1.64. The van der Waals surface area contributed by atoms with Crippen molar-refractivity contribution in [3.8, 4) is 0 Å². The zero-order valence-electron chi connectivity index (χ0n) is 52.8. The lowest BCUT2D eigenvalue weighted by molar-refractivity contribution is -0.870. The normalized spacial score (nSPS) is 13.7. The molecule has 2 atom stereocenters. The number of carbonyl (C=O) groups excluding carboxylic acids is 3. The van der Waals surface area contributed by atoms with E-state index in [1.54, 1.807) is 0 Å². The first kappa shape index (κ1) is 77.2. The van der Waals surface area contributed by atoms with Gasteiger partial charge in [0, 0.05) is 12.8 Å². The maximum Gasteiger partial charge on any atom is 0.306 e. The van der Waals surface area contributed by atoms with Crippen LogP contribution >= 0.6 is 0 Å². The van der Waals surface area contributed by atoms with Crippen LogP contribution in [0.15, 0.2) is 146 Å². The molecule has 0 fully saturated rings. The second kappa shape index (κ2) is 62.2. The van der Waals surface area contributed by atoms with Crippen LogP contribution in [0.25, 0.3) is 0 Å². The minimum absolute atomic E-state index is 0.136. The molecule has 0 radical (unpaired) electrons. The predicted molar refractivity (Wildman–Crippen MR) is 347 cm³/mol. The molecule has 0 N–H and O–H groups in total. The maximum atomic E-state index is 12.9. The first-order chi connectivity index (χ1) is 40.1. The highest BCUT2D eigenvalue weighted by Gasteiger charge is 2.22. The number of quaternary nitrogens is 1. The van der Waals surface area contributed by atoms with Gasteiger partial charge in [0.25, 0.3) is 0 Å². The Hall–Kier alpha value is -4.83. The third-order valence-corrected chi connectivity index (χ3v) is 13.4. The molecule has 9 nitrogen and oxygen atoms in total. The van der Waals surface area contributed by atoms with Gasteiger partial charge in [0.2, 0.25) is 0 Å². The number of carbonyl (C=O) groups is 3. The van der Waals surface area contributed by atoms with E-state index in [-0.39, 0.29) is 38.6 Å². The summed E-state index contributed by atoms with van der Waals surface area (Å²) in [6.45, 7) is 4.60. The Morgan fingerprint density at radius 1 is 0.378 bits per heavy atom. The van der Waals surface area contributed by atoms with Crippen molar-refractivity contribution < 1.29 is 42.9 Å². The minimum Gasteiger partial charge on any atom is -0.545 e.